The first-order valence-corrected chi connectivity index (χ1v) is 8.20. The SMILES string of the molecule is CCc1ccccc1NC(=O)N1CCC[C@H]1c1c(C)noc1C. The predicted molar refractivity (Wildman–Crippen MR) is 89.5 cm³/mol. The van der Waals surface area contributed by atoms with E-state index in [9.17, 15) is 4.79 Å². The summed E-state index contributed by atoms with van der Waals surface area (Å²) in [5.41, 5.74) is 3.97. The Labute approximate surface area is 136 Å². The molecule has 2 heterocycles. The number of anilines is 1. The Morgan fingerprint density at radius 2 is 2.17 bits per heavy atom. The van der Waals surface area contributed by atoms with Crippen molar-refractivity contribution < 1.29 is 9.32 Å². The van der Waals surface area contributed by atoms with Crippen LogP contribution < -0.4 is 5.32 Å². The minimum absolute atomic E-state index is 0.0478. The minimum atomic E-state index is -0.0478. The number of aromatic nitrogens is 1. The number of likely N-dealkylation sites (tertiary alicyclic amines) is 1. The standard InChI is InChI=1S/C18H23N3O2/c1-4-14-8-5-6-9-15(14)19-18(22)21-11-7-10-16(21)17-12(2)20-23-13(17)3/h5-6,8-9,16H,4,7,10-11H2,1-3H3,(H,19,22)/t16-/m0/s1. The first kappa shape index (κ1) is 15.6. The molecule has 23 heavy (non-hydrogen) atoms. The van der Waals surface area contributed by atoms with Crippen molar-refractivity contribution in [1.82, 2.24) is 10.1 Å². The van der Waals surface area contributed by atoms with Crippen molar-refractivity contribution in [2.45, 2.75) is 46.1 Å². The molecule has 1 N–H and O–H groups in total. The quantitative estimate of drug-likeness (QED) is 0.923. The first-order valence-electron chi connectivity index (χ1n) is 8.20. The minimum Gasteiger partial charge on any atom is -0.361 e. The summed E-state index contributed by atoms with van der Waals surface area (Å²) in [6, 6.07) is 7.95. The summed E-state index contributed by atoms with van der Waals surface area (Å²) in [6.07, 6.45) is 2.84. The van der Waals surface area contributed by atoms with Crippen molar-refractivity contribution in [3.8, 4) is 0 Å². The maximum Gasteiger partial charge on any atom is 0.322 e. The highest BCUT2D eigenvalue weighted by atomic mass is 16.5. The highest BCUT2D eigenvalue weighted by Gasteiger charge is 2.33. The molecule has 0 bridgehead atoms. The smallest absolute Gasteiger partial charge is 0.322 e. The molecule has 1 atom stereocenters. The third-order valence-electron chi connectivity index (χ3n) is 4.58. The number of carbonyl (C=O) groups is 1. The average molecular weight is 313 g/mol. The summed E-state index contributed by atoms with van der Waals surface area (Å²) in [7, 11) is 0. The lowest BCUT2D eigenvalue weighted by atomic mass is 10.0. The van der Waals surface area contributed by atoms with Gasteiger partial charge in [0.15, 0.2) is 0 Å². The van der Waals surface area contributed by atoms with Gasteiger partial charge in [-0.2, -0.15) is 0 Å². The zero-order valence-corrected chi connectivity index (χ0v) is 13.9. The Hall–Kier alpha value is -2.30. The molecule has 122 valence electrons. The van der Waals surface area contributed by atoms with Crippen LogP contribution in [0.5, 0.6) is 0 Å². The van der Waals surface area contributed by atoms with E-state index >= 15 is 0 Å². The third kappa shape index (κ3) is 2.96. The van der Waals surface area contributed by atoms with Gasteiger partial charge < -0.3 is 14.7 Å². The normalized spacial score (nSPS) is 17.5. The number of rotatable bonds is 3. The number of amides is 2. The van der Waals surface area contributed by atoms with E-state index in [1.165, 1.54) is 0 Å². The monoisotopic (exact) mass is 313 g/mol. The number of urea groups is 1. The van der Waals surface area contributed by atoms with E-state index in [0.29, 0.717) is 0 Å². The van der Waals surface area contributed by atoms with Gasteiger partial charge in [0.1, 0.15) is 5.76 Å². The number of nitrogens with one attached hydrogen (secondary N) is 1. The van der Waals surface area contributed by atoms with Crippen LogP contribution in [0.15, 0.2) is 28.8 Å². The summed E-state index contributed by atoms with van der Waals surface area (Å²) < 4.78 is 5.28. The van der Waals surface area contributed by atoms with E-state index in [4.69, 9.17) is 4.52 Å². The fourth-order valence-corrected chi connectivity index (χ4v) is 3.41. The molecule has 5 heteroatoms. The lowest BCUT2D eigenvalue weighted by Gasteiger charge is -2.25. The topological polar surface area (TPSA) is 58.4 Å². The maximum atomic E-state index is 12.8. The highest BCUT2D eigenvalue weighted by Crippen LogP contribution is 2.36. The third-order valence-corrected chi connectivity index (χ3v) is 4.58. The predicted octanol–water partition coefficient (Wildman–Crippen LogP) is 4.22. The van der Waals surface area contributed by atoms with Gasteiger partial charge in [-0.05, 0) is 44.7 Å². The van der Waals surface area contributed by atoms with Crippen LogP contribution >= 0.6 is 0 Å². The van der Waals surface area contributed by atoms with Crippen LogP contribution in [-0.2, 0) is 6.42 Å². The summed E-state index contributed by atoms with van der Waals surface area (Å²) in [5.74, 6) is 0.807. The fourth-order valence-electron chi connectivity index (χ4n) is 3.41. The summed E-state index contributed by atoms with van der Waals surface area (Å²) in [5, 5.41) is 7.10. The Bertz CT molecular complexity index is 689. The van der Waals surface area contributed by atoms with Crippen LogP contribution in [0.25, 0.3) is 0 Å². The molecule has 0 saturated carbocycles. The van der Waals surface area contributed by atoms with Gasteiger partial charge >= 0.3 is 6.03 Å². The summed E-state index contributed by atoms with van der Waals surface area (Å²) in [4.78, 5) is 14.7. The molecule has 1 saturated heterocycles. The molecule has 0 spiro atoms. The number of carbonyl (C=O) groups excluding carboxylic acids is 1. The van der Waals surface area contributed by atoms with E-state index in [1.54, 1.807) is 0 Å². The second-order valence-electron chi connectivity index (χ2n) is 6.03. The Kier molecular flexibility index (Phi) is 4.37. The van der Waals surface area contributed by atoms with E-state index in [2.05, 4.69) is 17.4 Å². The Morgan fingerprint density at radius 1 is 1.39 bits per heavy atom. The van der Waals surface area contributed by atoms with Crippen molar-refractivity contribution in [2.24, 2.45) is 0 Å². The molecule has 2 aromatic rings. The molecule has 1 fully saturated rings. The van der Waals surface area contributed by atoms with Crippen LogP contribution in [0, 0.1) is 13.8 Å². The number of nitrogens with zero attached hydrogens (tertiary/aromatic N) is 2. The molecule has 0 unspecified atom stereocenters. The molecule has 1 aliphatic rings. The van der Waals surface area contributed by atoms with Gasteiger partial charge in [0, 0.05) is 17.8 Å². The molecule has 1 aromatic carbocycles. The van der Waals surface area contributed by atoms with Gasteiger partial charge in [0.25, 0.3) is 0 Å². The molecular formula is C18H23N3O2. The first-order chi connectivity index (χ1) is 11.1. The van der Waals surface area contributed by atoms with E-state index in [-0.39, 0.29) is 12.1 Å². The van der Waals surface area contributed by atoms with Crippen molar-refractivity contribution in [2.75, 3.05) is 11.9 Å². The van der Waals surface area contributed by atoms with Gasteiger partial charge in [-0.3, -0.25) is 0 Å². The lowest BCUT2D eigenvalue weighted by molar-refractivity contribution is 0.206. The number of hydrogen-bond donors (Lipinski definition) is 1. The van der Waals surface area contributed by atoms with Gasteiger partial charge in [-0.15, -0.1) is 0 Å². The van der Waals surface area contributed by atoms with Crippen LogP contribution in [0.1, 0.15) is 48.4 Å². The molecule has 3 rings (SSSR count). The molecule has 5 nitrogen and oxygen atoms in total. The number of hydrogen-bond acceptors (Lipinski definition) is 3. The van der Waals surface area contributed by atoms with E-state index in [1.807, 2.05) is 43.0 Å². The zero-order chi connectivity index (χ0) is 16.4. The zero-order valence-electron chi connectivity index (χ0n) is 13.9. The number of benzene rings is 1. The largest absolute Gasteiger partial charge is 0.361 e. The molecule has 1 aromatic heterocycles. The van der Waals surface area contributed by atoms with Gasteiger partial charge in [0.05, 0.1) is 11.7 Å². The second-order valence-corrected chi connectivity index (χ2v) is 6.03. The van der Waals surface area contributed by atoms with Crippen LogP contribution in [-0.4, -0.2) is 22.6 Å². The van der Waals surface area contributed by atoms with Crippen LogP contribution in [0.4, 0.5) is 10.5 Å². The van der Waals surface area contributed by atoms with Crippen LogP contribution in [0.3, 0.4) is 0 Å². The van der Waals surface area contributed by atoms with Crippen molar-refractivity contribution in [1.29, 1.82) is 0 Å². The van der Waals surface area contributed by atoms with Crippen molar-refractivity contribution in [3.05, 3.63) is 46.8 Å². The summed E-state index contributed by atoms with van der Waals surface area (Å²) >= 11 is 0. The average Bonchev–Trinajstić information content (AvgIpc) is 3.14. The Balaban J connectivity index is 1.81. The molecule has 1 aliphatic heterocycles. The summed E-state index contributed by atoms with van der Waals surface area (Å²) in [6.45, 7) is 6.70. The van der Waals surface area contributed by atoms with Crippen molar-refractivity contribution in [3.63, 3.8) is 0 Å². The van der Waals surface area contributed by atoms with Gasteiger partial charge in [0.2, 0.25) is 0 Å². The van der Waals surface area contributed by atoms with Gasteiger partial charge in [-0.25, -0.2) is 4.79 Å². The fraction of sp³-hybridized carbons (Fsp3) is 0.444. The van der Waals surface area contributed by atoms with E-state index in [0.717, 1.165) is 54.1 Å². The number of aryl methyl sites for hydroxylation is 3. The number of para-hydroxylation sites is 1. The van der Waals surface area contributed by atoms with E-state index < -0.39 is 0 Å². The van der Waals surface area contributed by atoms with Gasteiger partial charge in [-0.1, -0.05) is 30.3 Å². The second kappa shape index (κ2) is 6.44. The molecule has 0 aliphatic carbocycles. The van der Waals surface area contributed by atoms with Crippen molar-refractivity contribution >= 4 is 11.7 Å². The molecule has 0 radical (unpaired) electrons. The van der Waals surface area contributed by atoms with Crippen LogP contribution in [0.2, 0.25) is 0 Å². The molecular weight excluding hydrogens is 290 g/mol. The lowest BCUT2D eigenvalue weighted by Crippen LogP contribution is -2.35. The highest BCUT2D eigenvalue weighted by molar-refractivity contribution is 5.90. The maximum absolute atomic E-state index is 12.8. The molecule has 2 amide bonds. The Morgan fingerprint density at radius 3 is 2.87 bits per heavy atom.